The number of methoxy groups -OCH3 is 1. The number of aryl methyl sites for hydroxylation is 1. The predicted molar refractivity (Wildman–Crippen MR) is 88.4 cm³/mol. The summed E-state index contributed by atoms with van der Waals surface area (Å²) in [6, 6.07) is 5.58. The number of nitrogens with one attached hydrogen (secondary N) is 1. The lowest BCUT2D eigenvalue weighted by Gasteiger charge is -2.05. The maximum Gasteiger partial charge on any atom is 0.251 e. The minimum atomic E-state index is -0.0441. The number of unbranched alkanes of at least 4 members (excludes halogenated alkanes) is 2. The zero-order chi connectivity index (χ0) is 15.9. The molecule has 22 heavy (non-hydrogen) atoms. The number of benzene rings is 1. The largest absolute Gasteiger partial charge is 0.481 e. The average Bonchev–Trinajstić information content (AvgIpc) is 2.89. The molecule has 0 aliphatic carbocycles. The van der Waals surface area contributed by atoms with Gasteiger partial charge in [0.15, 0.2) is 0 Å². The highest BCUT2D eigenvalue weighted by Gasteiger charge is 2.14. The summed E-state index contributed by atoms with van der Waals surface area (Å²) in [5, 5.41) is 8.45. The van der Waals surface area contributed by atoms with Crippen LogP contribution in [-0.2, 0) is 6.54 Å². The lowest BCUT2D eigenvalue weighted by molar-refractivity contribution is 0.0953. The number of hydrogen-bond acceptors (Lipinski definition) is 3. The van der Waals surface area contributed by atoms with Gasteiger partial charge in [0, 0.05) is 18.7 Å². The van der Waals surface area contributed by atoms with E-state index in [1.807, 2.05) is 22.9 Å². The lowest BCUT2D eigenvalue weighted by Crippen LogP contribution is -2.24. The molecule has 2 aromatic rings. The van der Waals surface area contributed by atoms with E-state index in [-0.39, 0.29) is 5.91 Å². The van der Waals surface area contributed by atoms with Gasteiger partial charge in [-0.05, 0) is 31.0 Å². The van der Waals surface area contributed by atoms with E-state index in [0.29, 0.717) is 12.1 Å². The zero-order valence-corrected chi connectivity index (χ0v) is 13.7. The maximum absolute atomic E-state index is 12.1. The molecule has 0 unspecified atom stereocenters. The molecule has 5 nitrogen and oxygen atoms in total. The Morgan fingerprint density at radius 2 is 2.05 bits per heavy atom. The SMILES string of the molecule is CCCCNC(=O)c1ccc2c(OC)n(CCCC)nc2c1. The monoisotopic (exact) mass is 303 g/mol. The van der Waals surface area contributed by atoms with Gasteiger partial charge < -0.3 is 10.1 Å². The molecule has 1 aromatic heterocycles. The topological polar surface area (TPSA) is 56.1 Å². The summed E-state index contributed by atoms with van der Waals surface area (Å²) in [7, 11) is 1.66. The second-order valence-electron chi connectivity index (χ2n) is 5.43. The number of amides is 1. The van der Waals surface area contributed by atoms with Gasteiger partial charge in [0.2, 0.25) is 5.88 Å². The molecule has 1 N–H and O–H groups in total. The Hall–Kier alpha value is -2.04. The van der Waals surface area contributed by atoms with Crippen molar-refractivity contribution in [3.8, 4) is 5.88 Å². The van der Waals surface area contributed by atoms with Crippen molar-refractivity contribution in [1.82, 2.24) is 15.1 Å². The van der Waals surface area contributed by atoms with E-state index < -0.39 is 0 Å². The first-order valence-corrected chi connectivity index (χ1v) is 8.04. The van der Waals surface area contributed by atoms with E-state index in [0.717, 1.165) is 49.0 Å². The van der Waals surface area contributed by atoms with Crippen LogP contribution in [0.3, 0.4) is 0 Å². The first kappa shape index (κ1) is 16.3. The number of rotatable bonds is 8. The van der Waals surface area contributed by atoms with E-state index in [9.17, 15) is 4.79 Å². The third kappa shape index (κ3) is 3.59. The first-order valence-electron chi connectivity index (χ1n) is 8.04. The van der Waals surface area contributed by atoms with E-state index in [4.69, 9.17) is 4.74 Å². The summed E-state index contributed by atoms with van der Waals surface area (Å²) in [5.74, 6) is 0.721. The van der Waals surface area contributed by atoms with Crippen molar-refractivity contribution in [2.24, 2.45) is 0 Å². The van der Waals surface area contributed by atoms with Crippen LogP contribution in [0.25, 0.3) is 10.9 Å². The Kier molecular flexibility index (Phi) is 5.81. The van der Waals surface area contributed by atoms with Crippen molar-refractivity contribution in [2.45, 2.75) is 46.1 Å². The Bertz CT molecular complexity index is 634. The number of aromatic nitrogens is 2. The summed E-state index contributed by atoms with van der Waals surface area (Å²) in [6.07, 6.45) is 4.21. The number of carbonyl (C=O) groups is 1. The van der Waals surface area contributed by atoms with Gasteiger partial charge in [0.1, 0.15) is 0 Å². The van der Waals surface area contributed by atoms with Crippen molar-refractivity contribution in [3.05, 3.63) is 23.8 Å². The van der Waals surface area contributed by atoms with E-state index >= 15 is 0 Å². The van der Waals surface area contributed by atoms with Crippen LogP contribution < -0.4 is 10.1 Å². The fraction of sp³-hybridized carbons (Fsp3) is 0.529. The van der Waals surface area contributed by atoms with Crippen LogP contribution in [-0.4, -0.2) is 29.3 Å². The molecule has 1 heterocycles. The highest BCUT2D eigenvalue weighted by atomic mass is 16.5. The summed E-state index contributed by atoms with van der Waals surface area (Å²) in [6.45, 7) is 5.79. The standard InChI is InChI=1S/C17H25N3O2/c1-4-6-10-18-16(21)13-8-9-14-15(12-13)19-20(11-7-5-2)17(14)22-3/h8-9,12H,4-7,10-11H2,1-3H3,(H,18,21). The smallest absolute Gasteiger partial charge is 0.251 e. The molecule has 0 aliphatic heterocycles. The molecule has 5 heteroatoms. The van der Waals surface area contributed by atoms with Crippen LogP contribution in [0.1, 0.15) is 49.9 Å². The first-order chi connectivity index (χ1) is 10.7. The Labute approximate surface area is 131 Å². The highest BCUT2D eigenvalue weighted by Crippen LogP contribution is 2.26. The third-order valence-corrected chi connectivity index (χ3v) is 3.69. The average molecular weight is 303 g/mol. The number of fused-ring (bicyclic) bond motifs is 1. The second-order valence-corrected chi connectivity index (χ2v) is 5.43. The Morgan fingerprint density at radius 1 is 1.27 bits per heavy atom. The van der Waals surface area contributed by atoms with Gasteiger partial charge in [-0.2, -0.15) is 5.10 Å². The van der Waals surface area contributed by atoms with Crippen molar-refractivity contribution in [1.29, 1.82) is 0 Å². The molecule has 1 amide bonds. The van der Waals surface area contributed by atoms with Gasteiger partial charge in [-0.25, -0.2) is 4.68 Å². The van der Waals surface area contributed by atoms with Crippen LogP contribution in [0.5, 0.6) is 5.88 Å². The van der Waals surface area contributed by atoms with Gasteiger partial charge >= 0.3 is 0 Å². The molecular weight excluding hydrogens is 278 g/mol. The fourth-order valence-corrected chi connectivity index (χ4v) is 2.41. The molecule has 120 valence electrons. The Morgan fingerprint density at radius 3 is 2.73 bits per heavy atom. The maximum atomic E-state index is 12.1. The van der Waals surface area contributed by atoms with Crippen LogP contribution >= 0.6 is 0 Å². The van der Waals surface area contributed by atoms with Crippen LogP contribution in [0.2, 0.25) is 0 Å². The third-order valence-electron chi connectivity index (χ3n) is 3.69. The minimum Gasteiger partial charge on any atom is -0.481 e. The molecule has 0 fully saturated rings. The Balaban J connectivity index is 2.24. The summed E-state index contributed by atoms with van der Waals surface area (Å²) < 4.78 is 7.36. The van der Waals surface area contributed by atoms with Crippen molar-refractivity contribution < 1.29 is 9.53 Å². The van der Waals surface area contributed by atoms with Gasteiger partial charge in [-0.3, -0.25) is 4.79 Å². The summed E-state index contributed by atoms with van der Waals surface area (Å²) in [4.78, 5) is 12.1. The summed E-state index contributed by atoms with van der Waals surface area (Å²) >= 11 is 0. The number of nitrogens with zero attached hydrogens (tertiary/aromatic N) is 2. The number of carbonyl (C=O) groups excluding carboxylic acids is 1. The van der Waals surface area contributed by atoms with E-state index in [1.54, 1.807) is 7.11 Å². The molecule has 0 aliphatic rings. The van der Waals surface area contributed by atoms with Crippen LogP contribution in [0, 0.1) is 0 Å². The molecule has 0 saturated heterocycles. The van der Waals surface area contributed by atoms with Crippen molar-refractivity contribution in [3.63, 3.8) is 0 Å². The molecule has 0 radical (unpaired) electrons. The fourth-order valence-electron chi connectivity index (χ4n) is 2.41. The van der Waals surface area contributed by atoms with Crippen LogP contribution in [0.4, 0.5) is 0 Å². The van der Waals surface area contributed by atoms with Crippen LogP contribution in [0.15, 0.2) is 18.2 Å². The summed E-state index contributed by atoms with van der Waals surface area (Å²) in [5.41, 5.74) is 1.45. The highest BCUT2D eigenvalue weighted by molar-refractivity contribution is 5.98. The lowest BCUT2D eigenvalue weighted by atomic mass is 10.1. The normalized spacial score (nSPS) is 10.9. The van der Waals surface area contributed by atoms with E-state index in [2.05, 4.69) is 24.3 Å². The molecule has 0 saturated carbocycles. The molecule has 1 aromatic carbocycles. The minimum absolute atomic E-state index is 0.0441. The molecular formula is C17H25N3O2. The molecule has 0 spiro atoms. The zero-order valence-electron chi connectivity index (χ0n) is 13.7. The second kappa shape index (κ2) is 7.82. The molecule has 0 bridgehead atoms. The molecule has 2 rings (SSSR count). The van der Waals surface area contributed by atoms with E-state index in [1.165, 1.54) is 0 Å². The van der Waals surface area contributed by atoms with Crippen molar-refractivity contribution >= 4 is 16.8 Å². The van der Waals surface area contributed by atoms with Gasteiger partial charge in [-0.15, -0.1) is 0 Å². The predicted octanol–water partition coefficient (Wildman–Crippen LogP) is 3.37. The molecule has 0 atom stereocenters. The number of ether oxygens (including phenoxy) is 1. The van der Waals surface area contributed by atoms with Gasteiger partial charge in [-0.1, -0.05) is 26.7 Å². The number of hydrogen-bond donors (Lipinski definition) is 1. The quantitative estimate of drug-likeness (QED) is 0.761. The van der Waals surface area contributed by atoms with Crippen molar-refractivity contribution in [2.75, 3.05) is 13.7 Å². The van der Waals surface area contributed by atoms with Gasteiger partial charge in [0.05, 0.1) is 18.0 Å². The van der Waals surface area contributed by atoms with Gasteiger partial charge in [0.25, 0.3) is 5.91 Å².